The summed E-state index contributed by atoms with van der Waals surface area (Å²) in [7, 11) is 0. The van der Waals surface area contributed by atoms with Crippen LogP contribution in [-0.4, -0.2) is 22.6 Å². The van der Waals surface area contributed by atoms with E-state index in [0.29, 0.717) is 12.4 Å². The van der Waals surface area contributed by atoms with Gasteiger partial charge in [0, 0.05) is 12.1 Å². The third kappa shape index (κ3) is 3.38. The molecule has 0 fully saturated rings. The molecule has 0 radical (unpaired) electrons. The van der Waals surface area contributed by atoms with Crippen molar-refractivity contribution in [3.63, 3.8) is 0 Å². The molecule has 0 unspecified atom stereocenters. The number of rotatable bonds is 5. The van der Waals surface area contributed by atoms with Crippen LogP contribution in [0, 0.1) is 0 Å². The highest BCUT2D eigenvalue weighted by Crippen LogP contribution is 2.14. The highest BCUT2D eigenvalue weighted by molar-refractivity contribution is 5.89. The lowest BCUT2D eigenvalue weighted by molar-refractivity contribution is 0.0910. The molecule has 1 N–H and O–H groups in total. The Kier molecular flexibility index (Phi) is 4.25. The Morgan fingerprint density at radius 2 is 1.68 bits per heavy atom. The van der Waals surface area contributed by atoms with Gasteiger partial charge in [-0.25, -0.2) is 0 Å². The van der Waals surface area contributed by atoms with Crippen LogP contribution in [0.5, 0.6) is 0 Å². The van der Waals surface area contributed by atoms with Gasteiger partial charge in [-0.15, -0.1) is 0 Å². The molecule has 0 aliphatic carbocycles. The first-order valence-electron chi connectivity index (χ1n) is 7.04. The highest BCUT2D eigenvalue weighted by Gasteiger charge is 2.15. The first kappa shape index (κ1) is 14.0. The van der Waals surface area contributed by atoms with Crippen LogP contribution in [0.25, 0.3) is 11.4 Å². The van der Waals surface area contributed by atoms with Crippen LogP contribution in [0.2, 0.25) is 0 Å². The quantitative estimate of drug-likeness (QED) is 0.785. The third-order valence-electron chi connectivity index (χ3n) is 3.19. The number of nitrogens with zero attached hydrogens (tertiary/aromatic N) is 2. The van der Waals surface area contributed by atoms with Crippen molar-refractivity contribution < 1.29 is 9.32 Å². The van der Waals surface area contributed by atoms with E-state index in [9.17, 15) is 4.79 Å². The number of nitrogens with one attached hydrogen (secondary N) is 1. The van der Waals surface area contributed by atoms with Gasteiger partial charge in [-0.3, -0.25) is 4.79 Å². The van der Waals surface area contributed by atoms with E-state index in [0.717, 1.165) is 12.0 Å². The van der Waals surface area contributed by atoms with Gasteiger partial charge < -0.3 is 9.84 Å². The molecule has 3 aromatic rings. The summed E-state index contributed by atoms with van der Waals surface area (Å²) in [5.74, 6) is 0.0336. The largest absolute Gasteiger partial charge is 0.347 e. The predicted octanol–water partition coefficient (Wildman–Crippen LogP) is 2.71. The van der Waals surface area contributed by atoms with Gasteiger partial charge in [0.15, 0.2) is 0 Å². The molecule has 22 heavy (non-hydrogen) atoms. The van der Waals surface area contributed by atoms with Crippen molar-refractivity contribution in [3.05, 3.63) is 72.1 Å². The van der Waals surface area contributed by atoms with Crippen molar-refractivity contribution in [1.29, 1.82) is 0 Å². The summed E-state index contributed by atoms with van der Waals surface area (Å²) in [5.41, 5.74) is 1.98. The second-order valence-electron chi connectivity index (χ2n) is 4.78. The Morgan fingerprint density at radius 3 is 2.41 bits per heavy atom. The summed E-state index contributed by atoms with van der Waals surface area (Å²) >= 11 is 0. The Balaban J connectivity index is 1.58. The molecule has 3 rings (SSSR count). The summed E-state index contributed by atoms with van der Waals surface area (Å²) in [5, 5.41) is 6.60. The minimum absolute atomic E-state index is 0.0214. The number of aromatic nitrogens is 2. The molecule has 1 amide bonds. The molecule has 0 aliphatic heterocycles. The lowest BCUT2D eigenvalue weighted by Crippen LogP contribution is -2.25. The van der Waals surface area contributed by atoms with Crippen LogP contribution in [0.4, 0.5) is 0 Å². The molecule has 0 saturated heterocycles. The van der Waals surface area contributed by atoms with Crippen molar-refractivity contribution >= 4 is 5.91 Å². The lowest BCUT2D eigenvalue weighted by Gasteiger charge is -2.02. The Labute approximate surface area is 128 Å². The van der Waals surface area contributed by atoms with E-state index in [1.165, 1.54) is 5.56 Å². The monoisotopic (exact) mass is 293 g/mol. The molecule has 1 aromatic heterocycles. The van der Waals surface area contributed by atoms with E-state index in [1.807, 2.05) is 60.7 Å². The maximum Gasteiger partial charge on any atom is 0.316 e. The topological polar surface area (TPSA) is 68.0 Å². The number of hydrogen-bond acceptors (Lipinski definition) is 4. The van der Waals surface area contributed by atoms with Gasteiger partial charge in [-0.05, 0) is 12.0 Å². The minimum Gasteiger partial charge on any atom is -0.347 e. The number of hydrogen-bond donors (Lipinski definition) is 1. The van der Waals surface area contributed by atoms with Crippen molar-refractivity contribution in [2.45, 2.75) is 6.42 Å². The molecular formula is C17H15N3O2. The lowest BCUT2D eigenvalue weighted by atomic mass is 10.1. The zero-order valence-corrected chi connectivity index (χ0v) is 11.9. The fourth-order valence-electron chi connectivity index (χ4n) is 2.06. The normalized spacial score (nSPS) is 10.4. The molecule has 0 spiro atoms. The van der Waals surface area contributed by atoms with E-state index < -0.39 is 0 Å². The fourth-order valence-corrected chi connectivity index (χ4v) is 2.06. The van der Waals surface area contributed by atoms with Gasteiger partial charge in [0.25, 0.3) is 0 Å². The van der Waals surface area contributed by atoms with Crippen molar-refractivity contribution in [2.24, 2.45) is 0 Å². The zero-order valence-electron chi connectivity index (χ0n) is 11.9. The SMILES string of the molecule is O=C(NCCc1ccccc1)c1nc(-c2ccccc2)no1. The van der Waals surface area contributed by atoms with E-state index >= 15 is 0 Å². The van der Waals surface area contributed by atoms with Crippen LogP contribution in [0.1, 0.15) is 16.2 Å². The number of carbonyl (C=O) groups excluding carboxylic acids is 1. The molecule has 0 saturated carbocycles. The van der Waals surface area contributed by atoms with E-state index in [4.69, 9.17) is 4.52 Å². The first-order valence-corrected chi connectivity index (χ1v) is 7.04. The van der Waals surface area contributed by atoms with Crippen LogP contribution in [-0.2, 0) is 6.42 Å². The van der Waals surface area contributed by atoms with E-state index in [1.54, 1.807) is 0 Å². The van der Waals surface area contributed by atoms with Gasteiger partial charge in [0.05, 0.1) is 0 Å². The van der Waals surface area contributed by atoms with Gasteiger partial charge in [-0.1, -0.05) is 65.8 Å². The van der Waals surface area contributed by atoms with Crippen LogP contribution >= 0.6 is 0 Å². The van der Waals surface area contributed by atoms with Gasteiger partial charge in [0.2, 0.25) is 5.82 Å². The van der Waals surface area contributed by atoms with Crippen LogP contribution < -0.4 is 5.32 Å². The Morgan fingerprint density at radius 1 is 1.00 bits per heavy atom. The van der Waals surface area contributed by atoms with E-state index in [-0.39, 0.29) is 11.8 Å². The summed E-state index contributed by atoms with van der Waals surface area (Å²) < 4.78 is 5.01. The number of benzene rings is 2. The number of carbonyl (C=O) groups is 1. The van der Waals surface area contributed by atoms with Gasteiger partial charge >= 0.3 is 11.8 Å². The van der Waals surface area contributed by atoms with Crippen molar-refractivity contribution in [2.75, 3.05) is 6.54 Å². The molecule has 5 nitrogen and oxygen atoms in total. The van der Waals surface area contributed by atoms with Crippen molar-refractivity contribution in [1.82, 2.24) is 15.5 Å². The average molecular weight is 293 g/mol. The Bertz CT molecular complexity index is 739. The average Bonchev–Trinajstić information content (AvgIpc) is 3.07. The predicted molar refractivity (Wildman–Crippen MR) is 82.2 cm³/mol. The molecule has 110 valence electrons. The van der Waals surface area contributed by atoms with Crippen LogP contribution in [0.3, 0.4) is 0 Å². The zero-order chi connectivity index (χ0) is 15.2. The number of amides is 1. The molecular weight excluding hydrogens is 278 g/mol. The standard InChI is InChI=1S/C17H15N3O2/c21-16(18-12-11-13-7-3-1-4-8-13)17-19-15(20-22-17)14-9-5-2-6-10-14/h1-10H,11-12H2,(H,18,21). The minimum atomic E-state index is -0.356. The summed E-state index contributed by atoms with van der Waals surface area (Å²) in [4.78, 5) is 16.1. The third-order valence-corrected chi connectivity index (χ3v) is 3.19. The highest BCUT2D eigenvalue weighted by atomic mass is 16.5. The molecule has 0 bridgehead atoms. The Hall–Kier alpha value is -2.95. The first-order chi connectivity index (χ1) is 10.8. The maximum atomic E-state index is 12.0. The second kappa shape index (κ2) is 6.67. The van der Waals surface area contributed by atoms with E-state index in [2.05, 4.69) is 15.5 Å². The van der Waals surface area contributed by atoms with Crippen LogP contribution in [0.15, 0.2) is 65.2 Å². The summed E-state index contributed by atoms with van der Waals surface area (Å²) in [6.07, 6.45) is 0.756. The van der Waals surface area contributed by atoms with Gasteiger partial charge in [0.1, 0.15) is 0 Å². The summed E-state index contributed by atoms with van der Waals surface area (Å²) in [6.45, 7) is 0.520. The molecule has 1 heterocycles. The second-order valence-corrected chi connectivity index (χ2v) is 4.78. The molecule has 0 atom stereocenters. The van der Waals surface area contributed by atoms with Crippen molar-refractivity contribution in [3.8, 4) is 11.4 Å². The smallest absolute Gasteiger partial charge is 0.316 e. The maximum absolute atomic E-state index is 12.0. The van der Waals surface area contributed by atoms with Gasteiger partial charge in [-0.2, -0.15) is 4.98 Å². The fraction of sp³-hybridized carbons (Fsp3) is 0.118. The molecule has 0 aliphatic rings. The summed E-state index contributed by atoms with van der Waals surface area (Å²) in [6, 6.07) is 19.3. The molecule has 5 heteroatoms. The molecule has 2 aromatic carbocycles.